The lowest BCUT2D eigenvalue weighted by molar-refractivity contribution is -0.140. The lowest BCUT2D eigenvalue weighted by atomic mass is 9.99. The Morgan fingerprint density at radius 1 is 1.54 bits per heavy atom. The molecule has 1 aliphatic heterocycles. The van der Waals surface area contributed by atoms with Gasteiger partial charge < -0.3 is 15.7 Å². The predicted octanol–water partition coefficient (Wildman–Crippen LogP) is -0.672. The highest BCUT2D eigenvalue weighted by molar-refractivity contribution is 5.75. The van der Waals surface area contributed by atoms with Gasteiger partial charge in [-0.1, -0.05) is 0 Å². The minimum Gasteiger partial charge on any atom is -0.480 e. The van der Waals surface area contributed by atoms with Gasteiger partial charge in [-0.2, -0.15) is 0 Å². The van der Waals surface area contributed by atoms with Crippen LogP contribution in [-0.4, -0.2) is 35.6 Å². The molecule has 0 aromatic heterocycles. The van der Waals surface area contributed by atoms with Crippen LogP contribution in [0.3, 0.4) is 0 Å². The van der Waals surface area contributed by atoms with Gasteiger partial charge in [-0.15, -0.1) is 0 Å². The van der Waals surface area contributed by atoms with Gasteiger partial charge in [0.15, 0.2) is 0 Å². The first-order valence-corrected chi connectivity index (χ1v) is 4.33. The first-order chi connectivity index (χ1) is 6.09. The van der Waals surface area contributed by atoms with Crippen molar-refractivity contribution in [2.24, 2.45) is 0 Å². The molecule has 0 unspecified atom stereocenters. The summed E-state index contributed by atoms with van der Waals surface area (Å²) < 4.78 is 0. The van der Waals surface area contributed by atoms with Gasteiger partial charge in [0, 0.05) is 13.0 Å². The van der Waals surface area contributed by atoms with Gasteiger partial charge >= 0.3 is 5.97 Å². The van der Waals surface area contributed by atoms with E-state index in [0.29, 0.717) is 13.0 Å². The van der Waals surface area contributed by atoms with Crippen molar-refractivity contribution in [3.63, 3.8) is 0 Å². The normalized spacial score (nSPS) is 28.1. The van der Waals surface area contributed by atoms with Crippen LogP contribution in [0.5, 0.6) is 0 Å². The smallest absolute Gasteiger partial charge is 0.320 e. The molecule has 3 N–H and O–H groups in total. The average Bonchev–Trinajstić information content (AvgIpc) is 2.03. The van der Waals surface area contributed by atoms with E-state index in [1.54, 1.807) is 0 Å². The van der Waals surface area contributed by atoms with Crippen molar-refractivity contribution in [2.75, 3.05) is 6.54 Å². The van der Waals surface area contributed by atoms with Crippen molar-refractivity contribution in [1.29, 1.82) is 0 Å². The van der Waals surface area contributed by atoms with Gasteiger partial charge in [-0.25, -0.2) is 0 Å². The van der Waals surface area contributed by atoms with E-state index in [1.807, 2.05) is 0 Å². The zero-order valence-electron chi connectivity index (χ0n) is 7.54. The molecule has 0 aliphatic carbocycles. The number of rotatable bonds is 2. The standard InChI is InChI=1S/C8H14N2O3/c1-5(11)10-6-2-3-9-7(4-6)8(12)13/h6-7,9H,2-4H2,1H3,(H,10,11)(H,12,13)/t6-,7-/m0/s1. The van der Waals surface area contributed by atoms with Crippen molar-refractivity contribution >= 4 is 11.9 Å². The monoisotopic (exact) mass is 186 g/mol. The van der Waals surface area contributed by atoms with Crippen molar-refractivity contribution in [3.05, 3.63) is 0 Å². The molecule has 1 saturated heterocycles. The third kappa shape index (κ3) is 3.02. The Labute approximate surface area is 76.5 Å². The summed E-state index contributed by atoms with van der Waals surface area (Å²) in [6.45, 7) is 2.08. The summed E-state index contributed by atoms with van der Waals surface area (Å²) in [5, 5.41) is 14.3. The highest BCUT2D eigenvalue weighted by Crippen LogP contribution is 2.08. The fourth-order valence-corrected chi connectivity index (χ4v) is 1.52. The highest BCUT2D eigenvalue weighted by atomic mass is 16.4. The summed E-state index contributed by atoms with van der Waals surface area (Å²) in [7, 11) is 0. The lowest BCUT2D eigenvalue weighted by Crippen LogP contribution is -2.50. The second-order valence-corrected chi connectivity index (χ2v) is 3.27. The molecule has 5 nitrogen and oxygen atoms in total. The Bertz CT molecular complexity index is 217. The Balaban J connectivity index is 2.41. The van der Waals surface area contributed by atoms with E-state index < -0.39 is 12.0 Å². The number of hydrogen-bond acceptors (Lipinski definition) is 3. The van der Waals surface area contributed by atoms with Gasteiger partial charge in [0.05, 0.1) is 0 Å². The molecule has 74 valence electrons. The molecule has 13 heavy (non-hydrogen) atoms. The first kappa shape index (κ1) is 9.98. The van der Waals surface area contributed by atoms with Gasteiger partial charge in [0.2, 0.25) is 5.91 Å². The molecule has 0 saturated carbocycles. The first-order valence-electron chi connectivity index (χ1n) is 4.33. The molecular formula is C8H14N2O3. The molecule has 2 atom stereocenters. The second-order valence-electron chi connectivity index (χ2n) is 3.27. The van der Waals surface area contributed by atoms with E-state index in [9.17, 15) is 9.59 Å². The molecule has 5 heteroatoms. The van der Waals surface area contributed by atoms with Crippen molar-refractivity contribution in [3.8, 4) is 0 Å². The zero-order chi connectivity index (χ0) is 9.84. The molecule has 0 radical (unpaired) electrons. The molecule has 1 heterocycles. The number of amides is 1. The third-order valence-corrected chi connectivity index (χ3v) is 2.11. The summed E-state index contributed by atoms with van der Waals surface area (Å²) in [5.41, 5.74) is 0. The fraction of sp³-hybridized carbons (Fsp3) is 0.750. The van der Waals surface area contributed by atoms with E-state index in [0.717, 1.165) is 6.42 Å². The van der Waals surface area contributed by atoms with E-state index >= 15 is 0 Å². The van der Waals surface area contributed by atoms with Crippen LogP contribution in [0, 0.1) is 0 Å². The van der Waals surface area contributed by atoms with Crippen molar-refractivity contribution in [1.82, 2.24) is 10.6 Å². The van der Waals surface area contributed by atoms with Gasteiger partial charge in [-0.3, -0.25) is 9.59 Å². The van der Waals surface area contributed by atoms with E-state index in [2.05, 4.69) is 10.6 Å². The SMILES string of the molecule is CC(=O)N[C@H]1CCN[C@H](C(=O)O)C1. The Hall–Kier alpha value is -1.10. The van der Waals surface area contributed by atoms with Gasteiger partial charge in [0.1, 0.15) is 6.04 Å². The number of carbonyl (C=O) groups is 2. The molecule has 1 rings (SSSR count). The van der Waals surface area contributed by atoms with Crippen molar-refractivity contribution < 1.29 is 14.7 Å². The summed E-state index contributed by atoms with van der Waals surface area (Å²) in [5.74, 6) is -0.953. The lowest BCUT2D eigenvalue weighted by Gasteiger charge is -2.27. The Morgan fingerprint density at radius 2 is 2.23 bits per heavy atom. The maximum atomic E-state index is 10.7. The van der Waals surface area contributed by atoms with Crippen molar-refractivity contribution in [2.45, 2.75) is 31.8 Å². The van der Waals surface area contributed by atoms with Gasteiger partial charge in [0.25, 0.3) is 0 Å². The number of carbonyl (C=O) groups excluding carboxylic acids is 1. The van der Waals surface area contributed by atoms with E-state index in [1.165, 1.54) is 6.92 Å². The molecule has 0 spiro atoms. The summed E-state index contributed by atoms with van der Waals surface area (Å²) in [6.07, 6.45) is 1.26. The number of carboxylic acids is 1. The quantitative estimate of drug-likeness (QED) is 0.534. The average molecular weight is 186 g/mol. The molecule has 1 aliphatic rings. The summed E-state index contributed by atoms with van der Waals surface area (Å²) in [4.78, 5) is 21.3. The van der Waals surface area contributed by atoms with E-state index in [-0.39, 0.29) is 11.9 Å². The molecule has 0 aromatic rings. The van der Waals surface area contributed by atoms with Gasteiger partial charge in [-0.05, 0) is 19.4 Å². The number of carboxylic acid groups (broad SMARTS) is 1. The van der Waals surface area contributed by atoms with Crippen LogP contribution in [0.1, 0.15) is 19.8 Å². The molecule has 1 amide bonds. The maximum absolute atomic E-state index is 10.7. The fourth-order valence-electron chi connectivity index (χ4n) is 1.52. The number of nitrogens with one attached hydrogen (secondary N) is 2. The van der Waals surface area contributed by atoms with Crippen LogP contribution in [0.25, 0.3) is 0 Å². The summed E-state index contributed by atoms with van der Waals surface area (Å²) in [6, 6.07) is -0.523. The van der Waals surface area contributed by atoms with Crippen LogP contribution in [0.15, 0.2) is 0 Å². The zero-order valence-corrected chi connectivity index (χ0v) is 7.54. The molecule has 0 aromatic carbocycles. The van der Waals surface area contributed by atoms with Crippen LogP contribution in [-0.2, 0) is 9.59 Å². The topological polar surface area (TPSA) is 78.4 Å². The molecular weight excluding hydrogens is 172 g/mol. The molecule has 1 fully saturated rings. The maximum Gasteiger partial charge on any atom is 0.320 e. The van der Waals surface area contributed by atoms with Crippen LogP contribution in [0.2, 0.25) is 0 Å². The number of hydrogen-bond donors (Lipinski definition) is 3. The third-order valence-electron chi connectivity index (χ3n) is 2.11. The number of piperidine rings is 1. The van der Waals surface area contributed by atoms with E-state index in [4.69, 9.17) is 5.11 Å². The number of aliphatic carboxylic acids is 1. The summed E-state index contributed by atoms with van der Waals surface area (Å²) >= 11 is 0. The largest absolute Gasteiger partial charge is 0.480 e. The highest BCUT2D eigenvalue weighted by Gasteiger charge is 2.26. The molecule has 0 bridgehead atoms. The Morgan fingerprint density at radius 3 is 2.77 bits per heavy atom. The van der Waals surface area contributed by atoms with Crippen LogP contribution >= 0.6 is 0 Å². The second kappa shape index (κ2) is 4.23. The minimum absolute atomic E-state index is 0.000139. The van der Waals surface area contributed by atoms with Crippen LogP contribution < -0.4 is 10.6 Å². The van der Waals surface area contributed by atoms with Crippen LogP contribution in [0.4, 0.5) is 0 Å². The predicted molar refractivity (Wildman–Crippen MR) is 46.3 cm³/mol. The minimum atomic E-state index is -0.852. The Kier molecular flexibility index (Phi) is 3.25.